The molecule has 144 valence electrons. The average Bonchev–Trinajstić information content (AvgIpc) is 3.40. The van der Waals surface area contributed by atoms with Crippen LogP contribution in [0.1, 0.15) is 45.8 Å². The molecule has 6 heteroatoms. The van der Waals surface area contributed by atoms with Crippen molar-refractivity contribution in [3.05, 3.63) is 45.6 Å². The molecule has 1 aliphatic carbocycles. The molecule has 1 aromatic carbocycles. The zero-order chi connectivity index (χ0) is 18.6. The smallest absolute Gasteiger partial charge is 0.261 e. The Labute approximate surface area is 164 Å². The van der Waals surface area contributed by atoms with E-state index in [0.29, 0.717) is 24.7 Å². The minimum Gasteiger partial charge on any atom is -0.493 e. The standard InChI is InChI=1S/C21H26N2O3S/c1-25-17-8-4-5-9-18(17)26-11-10-22-21(24)19-12-15-13-23(14-20(15)27-19)16-6-2-3-7-16/h4-5,8-9,12,16H,2-3,6-7,10-11,13-14H2,1H3,(H,22,24). The molecule has 1 fully saturated rings. The molecule has 2 heterocycles. The highest BCUT2D eigenvalue weighted by molar-refractivity contribution is 7.14. The number of carbonyl (C=O) groups excluding carboxylic acids is 1. The average molecular weight is 387 g/mol. The van der Waals surface area contributed by atoms with Gasteiger partial charge in [0.15, 0.2) is 11.5 Å². The molecule has 1 aliphatic heterocycles. The third-order valence-electron chi connectivity index (χ3n) is 5.40. The van der Waals surface area contributed by atoms with Gasteiger partial charge in [-0.15, -0.1) is 11.3 Å². The Morgan fingerprint density at radius 1 is 1.22 bits per heavy atom. The zero-order valence-corrected chi connectivity index (χ0v) is 16.5. The van der Waals surface area contributed by atoms with Gasteiger partial charge in [0.1, 0.15) is 6.61 Å². The van der Waals surface area contributed by atoms with Gasteiger partial charge in [-0.05, 0) is 36.6 Å². The van der Waals surface area contributed by atoms with Crippen molar-refractivity contribution in [2.45, 2.75) is 44.8 Å². The first-order chi connectivity index (χ1) is 13.2. The van der Waals surface area contributed by atoms with E-state index in [-0.39, 0.29) is 5.91 Å². The Hall–Kier alpha value is -2.05. The van der Waals surface area contributed by atoms with Crippen LogP contribution in [0.3, 0.4) is 0 Å². The fourth-order valence-electron chi connectivity index (χ4n) is 3.98. The molecule has 1 amide bonds. The summed E-state index contributed by atoms with van der Waals surface area (Å²) >= 11 is 1.64. The second-order valence-corrected chi connectivity index (χ2v) is 8.29. The van der Waals surface area contributed by atoms with Crippen LogP contribution in [-0.4, -0.2) is 37.1 Å². The second kappa shape index (κ2) is 8.31. The topological polar surface area (TPSA) is 50.8 Å². The third kappa shape index (κ3) is 4.12. The van der Waals surface area contributed by atoms with Gasteiger partial charge in [-0.2, -0.15) is 0 Å². The SMILES string of the molecule is COc1ccccc1OCCNC(=O)c1cc2c(s1)CN(C1CCCC1)C2. The van der Waals surface area contributed by atoms with E-state index in [2.05, 4.69) is 16.3 Å². The molecule has 0 saturated heterocycles. The Kier molecular flexibility index (Phi) is 5.64. The van der Waals surface area contributed by atoms with E-state index in [4.69, 9.17) is 9.47 Å². The van der Waals surface area contributed by atoms with Gasteiger partial charge in [-0.1, -0.05) is 25.0 Å². The van der Waals surface area contributed by atoms with E-state index >= 15 is 0 Å². The highest BCUT2D eigenvalue weighted by atomic mass is 32.1. The van der Waals surface area contributed by atoms with Crippen molar-refractivity contribution in [2.24, 2.45) is 0 Å². The molecule has 0 unspecified atom stereocenters. The van der Waals surface area contributed by atoms with Gasteiger partial charge in [0.05, 0.1) is 18.5 Å². The summed E-state index contributed by atoms with van der Waals surface area (Å²) in [6.07, 6.45) is 5.38. The van der Waals surface area contributed by atoms with Crippen LogP contribution in [-0.2, 0) is 13.1 Å². The summed E-state index contributed by atoms with van der Waals surface area (Å²) in [7, 11) is 1.62. The Bertz CT molecular complexity index is 775. The molecule has 1 aromatic heterocycles. The van der Waals surface area contributed by atoms with Crippen LogP contribution < -0.4 is 14.8 Å². The molecule has 2 aliphatic rings. The number of benzene rings is 1. The number of nitrogens with one attached hydrogen (secondary N) is 1. The Morgan fingerprint density at radius 2 is 2.00 bits per heavy atom. The summed E-state index contributed by atoms with van der Waals surface area (Å²) in [5.74, 6) is 1.38. The van der Waals surface area contributed by atoms with Gasteiger partial charge in [-0.3, -0.25) is 9.69 Å². The number of hydrogen-bond donors (Lipinski definition) is 1. The van der Waals surface area contributed by atoms with Crippen LogP contribution in [0.25, 0.3) is 0 Å². The van der Waals surface area contributed by atoms with E-state index in [1.165, 1.54) is 36.1 Å². The summed E-state index contributed by atoms with van der Waals surface area (Å²) in [6, 6.07) is 10.3. The number of hydrogen-bond acceptors (Lipinski definition) is 5. The molecule has 1 saturated carbocycles. The first-order valence-corrected chi connectivity index (χ1v) is 10.5. The monoisotopic (exact) mass is 386 g/mol. The van der Waals surface area contributed by atoms with Gasteiger partial charge >= 0.3 is 0 Å². The van der Waals surface area contributed by atoms with Gasteiger partial charge < -0.3 is 14.8 Å². The van der Waals surface area contributed by atoms with Crippen LogP contribution in [0.5, 0.6) is 11.5 Å². The molecule has 0 spiro atoms. The number of para-hydroxylation sites is 2. The van der Waals surface area contributed by atoms with Crippen LogP contribution >= 0.6 is 11.3 Å². The van der Waals surface area contributed by atoms with Crippen molar-refractivity contribution in [1.82, 2.24) is 10.2 Å². The Balaban J connectivity index is 1.25. The molecule has 0 atom stereocenters. The van der Waals surface area contributed by atoms with Crippen LogP contribution in [0.4, 0.5) is 0 Å². The van der Waals surface area contributed by atoms with Crippen LogP contribution in [0, 0.1) is 0 Å². The summed E-state index contributed by atoms with van der Waals surface area (Å²) < 4.78 is 11.0. The van der Waals surface area contributed by atoms with Crippen molar-refractivity contribution in [3.63, 3.8) is 0 Å². The van der Waals surface area contributed by atoms with Gasteiger partial charge in [0, 0.05) is 24.0 Å². The summed E-state index contributed by atoms with van der Waals surface area (Å²) in [4.78, 5) is 17.2. The number of methoxy groups -OCH3 is 1. The first-order valence-electron chi connectivity index (χ1n) is 9.64. The van der Waals surface area contributed by atoms with Gasteiger partial charge in [0.2, 0.25) is 0 Å². The number of ether oxygens (including phenoxy) is 2. The van der Waals surface area contributed by atoms with Crippen molar-refractivity contribution < 1.29 is 14.3 Å². The normalized spacial score (nSPS) is 17.1. The molecule has 5 nitrogen and oxygen atoms in total. The largest absolute Gasteiger partial charge is 0.493 e. The minimum absolute atomic E-state index is 0.00885. The maximum absolute atomic E-state index is 12.4. The second-order valence-electron chi connectivity index (χ2n) is 7.16. The van der Waals surface area contributed by atoms with Gasteiger partial charge in [0.25, 0.3) is 5.91 Å². The molecule has 27 heavy (non-hydrogen) atoms. The molecule has 0 bridgehead atoms. The lowest BCUT2D eigenvalue weighted by atomic mass is 10.2. The Morgan fingerprint density at radius 3 is 2.74 bits per heavy atom. The van der Waals surface area contributed by atoms with E-state index in [9.17, 15) is 4.79 Å². The summed E-state index contributed by atoms with van der Waals surface area (Å²) in [6.45, 7) is 2.88. The maximum atomic E-state index is 12.4. The predicted octanol–water partition coefficient (Wildman–Crippen LogP) is 3.82. The summed E-state index contributed by atoms with van der Waals surface area (Å²) in [5.41, 5.74) is 1.34. The lowest BCUT2D eigenvalue weighted by molar-refractivity contribution is 0.0950. The molecular weight excluding hydrogens is 360 g/mol. The molecule has 2 aromatic rings. The third-order valence-corrected chi connectivity index (χ3v) is 6.56. The first kappa shape index (κ1) is 18.3. The van der Waals surface area contributed by atoms with Crippen molar-refractivity contribution >= 4 is 17.2 Å². The molecular formula is C21H26N2O3S. The highest BCUT2D eigenvalue weighted by Gasteiger charge is 2.30. The van der Waals surface area contributed by atoms with Crippen molar-refractivity contribution in [1.29, 1.82) is 0 Å². The lowest BCUT2D eigenvalue weighted by Gasteiger charge is -2.22. The van der Waals surface area contributed by atoms with E-state index < -0.39 is 0 Å². The van der Waals surface area contributed by atoms with Crippen LogP contribution in [0.2, 0.25) is 0 Å². The number of carbonyl (C=O) groups is 1. The minimum atomic E-state index is -0.00885. The number of nitrogens with zero attached hydrogens (tertiary/aromatic N) is 1. The van der Waals surface area contributed by atoms with Crippen molar-refractivity contribution in [2.75, 3.05) is 20.3 Å². The number of thiophene rings is 1. The zero-order valence-electron chi connectivity index (χ0n) is 15.7. The maximum Gasteiger partial charge on any atom is 0.261 e. The number of rotatable bonds is 7. The number of amides is 1. The number of fused-ring (bicyclic) bond motifs is 1. The van der Waals surface area contributed by atoms with Gasteiger partial charge in [-0.25, -0.2) is 0 Å². The fraction of sp³-hybridized carbons (Fsp3) is 0.476. The quantitative estimate of drug-likeness (QED) is 0.735. The summed E-state index contributed by atoms with van der Waals surface area (Å²) in [5, 5.41) is 2.95. The van der Waals surface area contributed by atoms with E-state index in [0.717, 1.165) is 24.0 Å². The molecule has 1 N–H and O–H groups in total. The van der Waals surface area contributed by atoms with Crippen molar-refractivity contribution in [3.8, 4) is 11.5 Å². The lowest BCUT2D eigenvalue weighted by Crippen LogP contribution is -2.28. The molecule has 4 rings (SSSR count). The van der Waals surface area contributed by atoms with E-state index in [1.807, 2.05) is 24.3 Å². The van der Waals surface area contributed by atoms with E-state index in [1.54, 1.807) is 18.4 Å². The van der Waals surface area contributed by atoms with Crippen LogP contribution in [0.15, 0.2) is 30.3 Å². The highest BCUT2D eigenvalue weighted by Crippen LogP contribution is 2.35. The predicted molar refractivity (Wildman–Crippen MR) is 107 cm³/mol. The molecule has 0 radical (unpaired) electrons. The fourth-order valence-corrected chi connectivity index (χ4v) is 5.10.